The predicted molar refractivity (Wildman–Crippen MR) is 106 cm³/mol. The molecule has 4 nitrogen and oxygen atoms in total. The summed E-state index contributed by atoms with van der Waals surface area (Å²) in [7, 11) is 0. The van der Waals surface area contributed by atoms with Gasteiger partial charge in [0.2, 0.25) is 5.91 Å². The van der Waals surface area contributed by atoms with Crippen LogP contribution in [0.15, 0.2) is 41.4 Å². The zero-order valence-corrected chi connectivity index (χ0v) is 16.2. The molecular weight excluding hydrogens is 342 g/mol. The molecule has 2 saturated heterocycles. The number of fused-ring (bicyclic) bond motifs is 1. The Morgan fingerprint density at radius 3 is 2.85 bits per heavy atom. The largest absolute Gasteiger partial charge is 0.356 e. The van der Waals surface area contributed by atoms with E-state index in [1.165, 1.54) is 50.8 Å². The van der Waals surface area contributed by atoms with Crippen LogP contribution in [-0.4, -0.2) is 41.1 Å². The minimum absolute atomic E-state index is 0.0915. The molecule has 0 bridgehead atoms. The van der Waals surface area contributed by atoms with Crippen molar-refractivity contribution < 1.29 is 4.79 Å². The molecule has 0 saturated carbocycles. The molecule has 0 aliphatic carbocycles. The van der Waals surface area contributed by atoms with E-state index in [-0.39, 0.29) is 11.9 Å². The van der Waals surface area contributed by atoms with Gasteiger partial charge in [0.05, 0.1) is 12.5 Å². The van der Waals surface area contributed by atoms with E-state index in [9.17, 15) is 4.79 Å². The molecule has 0 radical (unpaired) electrons. The Morgan fingerprint density at radius 2 is 2.04 bits per heavy atom. The number of piperidine rings is 2. The smallest absolute Gasteiger partial charge is 0.222 e. The van der Waals surface area contributed by atoms with E-state index < -0.39 is 0 Å². The highest BCUT2D eigenvalue weighted by atomic mass is 32.1. The number of hydrogen-bond donors (Lipinski definition) is 1. The van der Waals surface area contributed by atoms with Crippen LogP contribution < -0.4 is 5.32 Å². The third kappa shape index (κ3) is 4.04. The second kappa shape index (κ2) is 8.40. The van der Waals surface area contributed by atoms with Gasteiger partial charge in [0, 0.05) is 25.0 Å². The monoisotopic (exact) mass is 371 g/mol. The van der Waals surface area contributed by atoms with Crippen molar-refractivity contribution in [2.24, 2.45) is 5.92 Å². The van der Waals surface area contributed by atoms with Crippen LogP contribution in [0.4, 0.5) is 0 Å². The first-order chi connectivity index (χ1) is 12.8. The van der Waals surface area contributed by atoms with Gasteiger partial charge in [0.1, 0.15) is 0 Å². The summed E-state index contributed by atoms with van der Waals surface area (Å²) in [5.74, 6) is 0.794. The number of aromatic nitrogens is 1. The molecule has 0 spiro atoms. The molecule has 2 aromatic rings. The van der Waals surface area contributed by atoms with Crippen LogP contribution in [0.25, 0.3) is 0 Å². The van der Waals surface area contributed by atoms with Crippen molar-refractivity contribution in [3.05, 3.63) is 46.9 Å². The number of amides is 1. The van der Waals surface area contributed by atoms with Crippen molar-refractivity contribution in [2.45, 2.75) is 50.6 Å². The molecule has 2 aliphatic heterocycles. The first kappa shape index (κ1) is 17.8. The van der Waals surface area contributed by atoms with E-state index >= 15 is 0 Å². The maximum Gasteiger partial charge on any atom is 0.222 e. The fraction of sp³-hybridized carbons (Fsp3) is 0.571. The van der Waals surface area contributed by atoms with Gasteiger partial charge in [-0.2, -0.15) is 11.3 Å². The summed E-state index contributed by atoms with van der Waals surface area (Å²) in [5.41, 5.74) is 1.22. The maximum absolute atomic E-state index is 12.7. The van der Waals surface area contributed by atoms with E-state index in [2.05, 4.69) is 44.0 Å². The van der Waals surface area contributed by atoms with E-state index in [4.69, 9.17) is 0 Å². The van der Waals surface area contributed by atoms with Crippen LogP contribution in [0.2, 0.25) is 0 Å². The molecule has 0 aromatic carbocycles. The van der Waals surface area contributed by atoms with E-state index in [0.29, 0.717) is 18.4 Å². The van der Waals surface area contributed by atoms with Gasteiger partial charge in [-0.15, -0.1) is 0 Å². The van der Waals surface area contributed by atoms with E-state index in [1.807, 2.05) is 12.1 Å². The second-order valence-corrected chi connectivity index (χ2v) is 8.49. The van der Waals surface area contributed by atoms with Gasteiger partial charge >= 0.3 is 0 Å². The normalized spacial score (nSPS) is 24.8. The number of nitrogens with one attached hydrogen (secondary N) is 1. The lowest BCUT2D eigenvalue weighted by Crippen LogP contribution is -2.51. The SMILES string of the molecule is O=C(CC(c1ccsc1)n1cccc1)NCC1CCCN2CCCCC12. The molecule has 2 aliphatic rings. The Hall–Kier alpha value is -1.59. The molecule has 2 fully saturated rings. The average Bonchev–Trinajstić information content (AvgIpc) is 3.38. The second-order valence-electron chi connectivity index (χ2n) is 7.71. The van der Waals surface area contributed by atoms with Gasteiger partial charge in [-0.25, -0.2) is 0 Å². The molecule has 3 atom stereocenters. The van der Waals surface area contributed by atoms with Crippen LogP contribution in [-0.2, 0) is 4.79 Å². The molecule has 1 amide bonds. The highest BCUT2D eigenvalue weighted by Crippen LogP contribution is 2.30. The van der Waals surface area contributed by atoms with Crippen LogP contribution in [0.3, 0.4) is 0 Å². The number of carbonyl (C=O) groups excluding carboxylic acids is 1. The lowest BCUT2D eigenvalue weighted by molar-refractivity contribution is -0.122. The maximum atomic E-state index is 12.7. The van der Waals surface area contributed by atoms with Crippen molar-refractivity contribution in [3.8, 4) is 0 Å². The molecule has 2 aromatic heterocycles. The van der Waals surface area contributed by atoms with Gasteiger partial charge in [0.25, 0.3) is 0 Å². The summed E-state index contributed by atoms with van der Waals surface area (Å²) in [6.45, 7) is 3.34. The lowest BCUT2D eigenvalue weighted by Gasteiger charge is -2.44. The zero-order chi connectivity index (χ0) is 17.8. The Bertz CT molecular complexity index is 646. The third-order valence-electron chi connectivity index (χ3n) is 6.08. The summed E-state index contributed by atoms with van der Waals surface area (Å²) >= 11 is 1.69. The summed E-state index contributed by atoms with van der Waals surface area (Å²) in [4.78, 5) is 15.4. The number of hydrogen-bond acceptors (Lipinski definition) is 3. The highest BCUT2D eigenvalue weighted by Gasteiger charge is 2.33. The number of nitrogens with zero attached hydrogens (tertiary/aromatic N) is 2. The van der Waals surface area contributed by atoms with E-state index in [0.717, 1.165) is 6.54 Å². The van der Waals surface area contributed by atoms with Gasteiger partial charge in [0.15, 0.2) is 0 Å². The predicted octanol–water partition coefficient (Wildman–Crippen LogP) is 3.91. The van der Waals surface area contributed by atoms with Crippen LogP contribution in [0.5, 0.6) is 0 Å². The molecule has 140 valence electrons. The summed E-state index contributed by atoms with van der Waals surface area (Å²) < 4.78 is 2.14. The molecule has 5 heteroatoms. The standard InChI is InChI=1S/C21H29N3OS/c25-21(14-20(18-8-13-26-16-18)24-10-3-4-11-24)22-15-17-6-5-12-23-9-2-1-7-19(17)23/h3-4,8,10-11,13,16-17,19-20H,1-2,5-7,9,12,14-15H2,(H,22,25). The van der Waals surface area contributed by atoms with Gasteiger partial charge < -0.3 is 14.8 Å². The molecule has 26 heavy (non-hydrogen) atoms. The summed E-state index contributed by atoms with van der Waals surface area (Å²) in [5, 5.41) is 7.50. The van der Waals surface area contributed by atoms with E-state index in [1.54, 1.807) is 11.3 Å². The fourth-order valence-electron chi connectivity index (χ4n) is 4.72. The molecule has 1 N–H and O–H groups in total. The van der Waals surface area contributed by atoms with Crippen LogP contribution >= 0.6 is 11.3 Å². The minimum atomic E-state index is 0.0915. The molecular formula is C21H29N3OS. The van der Waals surface area contributed by atoms with Gasteiger partial charge in [-0.05, 0) is 79.2 Å². The van der Waals surface area contributed by atoms with Gasteiger partial charge in [-0.3, -0.25) is 4.79 Å². The Balaban J connectivity index is 1.35. The van der Waals surface area contributed by atoms with Crippen molar-refractivity contribution in [3.63, 3.8) is 0 Å². The van der Waals surface area contributed by atoms with Crippen molar-refractivity contribution in [2.75, 3.05) is 19.6 Å². The highest BCUT2D eigenvalue weighted by molar-refractivity contribution is 7.08. The first-order valence-corrected chi connectivity index (χ1v) is 10.9. The first-order valence-electron chi connectivity index (χ1n) is 9.96. The molecule has 4 heterocycles. The fourth-order valence-corrected chi connectivity index (χ4v) is 5.43. The molecule has 4 rings (SSSR count). The third-order valence-corrected chi connectivity index (χ3v) is 6.79. The molecule has 3 unspecified atom stereocenters. The number of thiophene rings is 1. The topological polar surface area (TPSA) is 37.3 Å². The summed E-state index contributed by atoms with van der Waals surface area (Å²) in [6, 6.07) is 6.96. The van der Waals surface area contributed by atoms with Gasteiger partial charge in [-0.1, -0.05) is 6.42 Å². The zero-order valence-electron chi connectivity index (χ0n) is 15.3. The Labute approximate surface area is 160 Å². The van der Waals surface area contributed by atoms with Crippen molar-refractivity contribution >= 4 is 17.2 Å². The number of carbonyl (C=O) groups is 1. The minimum Gasteiger partial charge on any atom is -0.356 e. The quantitative estimate of drug-likeness (QED) is 0.836. The lowest BCUT2D eigenvalue weighted by atomic mass is 9.83. The van der Waals surface area contributed by atoms with Crippen LogP contribution in [0.1, 0.15) is 50.1 Å². The average molecular weight is 372 g/mol. The van der Waals surface area contributed by atoms with Crippen molar-refractivity contribution in [1.82, 2.24) is 14.8 Å². The summed E-state index contributed by atoms with van der Waals surface area (Å²) in [6.07, 6.45) is 11.1. The van der Waals surface area contributed by atoms with Crippen LogP contribution in [0, 0.1) is 5.92 Å². The Morgan fingerprint density at radius 1 is 1.19 bits per heavy atom. The number of rotatable bonds is 6. The van der Waals surface area contributed by atoms with Crippen molar-refractivity contribution in [1.29, 1.82) is 0 Å². The Kier molecular flexibility index (Phi) is 5.75.